The largest absolute Gasteiger partial charge is 0.396 e. The number of hydrogen-bond donors (Lipinski definition) is 1. The van der Waals surface area contributed by atoms with Gasteiger partial charge >= 0.3 is 5.69 Å². The highest BCUT2D eigenvalue weighted by Gasteiger charge is 2.24. The SMILES string of the molecule is Cn1c(=O)n(CCCO)c(=O)c2c1nc(-c1ccccc1C(F)F)n2Cc1ccc(F)cc1. The van der Waals surface area contributed by atoms with E-state index in [1.165, 1.54) is 58.6 Å². The van der Waals surface area contributed by atoms with Crippen molar-refractivity contribution in [2.75, 3.05) is 6.61 Å². The molecular weight excluding hydrogens is 437 g/mol. The van der Waals surface area contributed by atoms with Crippen LogP contribution in [0.3, 0.4) is 0 Å². The van der Waals surface area contributed by atoms with Crippen molar-refractivity contribution in [1.29, 1.82) is 0 Å². The topological polar surface area (TPSA) is 82.0 Å². The maximum atomic E-state index is 13.8. The number of halogens is 3. The second-order valence-corrected chi connectivity index (χ2v) is 7.58. The zero-order valence-corrected chi connectivity index (χ0v) is 17.7. The van der Waals surface area contributed by atoms with E-state index < -0.39 is 23.5 Å². The van der Waals surface area contributed by atoms with Crippen molar-refractivity contribution in [2.24, 2.45) is 7.05 Å². The van der Waals surface area contributed by atoms with Crippen molar-refractivity contribution in [3.63, 3.8) is 0 Å². The van der Waals surface area contributed by atoms with Crippen LogP contribution < -0.4 is 11.2 Å². The first-order valence-electron chi connectivity index (χ1n) is 10.3. The molecule has 4 rings (SSSR count). The van der Waals surface area contributed by atoms with Gasteiger partial charge in [0.05, 0.1) is 0 Å². The molecule has 7 nitrogen and oxygen atoms in total. The number of nitrogens with zero attached hydrogens (tertiary/aromatic N) is 4. The van der Waals surface area contributed by atoms with Gasteiger partial charge in [-0.25, -0.2) is 22.9 Å². The van der Waals surface area contributed by atoms with Crippen LogP contribution >= 0.6 is 0 Å². The molecule has 2 heterocycles. The molecule has 0 spiro atoms. The van der Waals surface area contributed by atoms with E-state index in [0.717, 1.165) is 4.57 Å². The van der Waals surface area contributed by atoms with E-state index in [1.54, 1.807) is 6.07 Å². The first-order chi connectivity index (χ1) is 15.8. The fourth-order valence-electron chi connectivity index (χ4n) is 3.82. The molecule has 172 valence electrons. The van der Waals surface area contributed by atoms with Crippen LogP contribution in [0.4, 0.5) is 13.2 Å². The van der Waals surface area contributed by atoms with Crippen LogP contribution in [0.2, 0.25) is 0 Å². The highest BCUT2D eigenvalue weighted by atomic mass is 19.3. The summed E-state index contributed by atoms with van der Waals surface area (Å²) in [6, 6.07) is 11.4. The van der Waals surface area contributed by atoms with Gasteiger partial charge < -0.3 is 9.67 Å². The Morgan fingerprint density at radius 3 is 2.39 bits per heavy atom. The van der Waals surface area contributed by atoms with Gasteiger partial charge in [0, 0.05) is 37.9 Å². The van der Waals surface area contributed by atoms with Gasteiger partial charge in [-0.1, -0.05) is 36.4 Å². The average molecular weight is 458 g/mol. The van der Waals surface area contributed by atoms with Gasteiger partial charge in [0.2, 0.25) is 0 Å². The van der Waals surface area contributed by atoms with Crippen LogP contribution in [0.1, 0.15) is 24.0 Å². The Morgan fingerprint density at radius 2 is 1.73 bits per heavy atom. The Kier molecular flexibility index (Phi) is 6.19. The lowest BCUT2D eigenvalue weighted by Gasteiger charge is -2.13. The zero-order valence-electron chi connectivity index (χ0n) is 17.7. The lowest BCUT2D eigenvalue weighted by atomic mass is 10.1. The fraction of sp³-hybridized carbons (Fsp3) is 0.261. The summed E-state index contributed by atoms with van der Waals surface area (Å²) in [6.07, 6.45) is -2.60. The highest BCUT2D eigenvalue weighted by molar-refractivity contribution is 5.78. The summed E-state index contributed by atoms with van der Waals surface area (Å²) in [5, 5.41) is 9.16. The molecule has 0 atom stereocenters. The van der Waals surface area contributed by atoms with E-state index in [-0.39, 0.29) is 54.2 Å². The molecule has 4 aromatic rings. The van der Waals surface area contributed by atoms with Crippen LogP contribution in [-0.2, 0) is 20.1 Å². The predicted octanol–water partition coefficient (Wildman–Crippen LogP) is 3.07. The summed E-state index contributed by atoms with van der Waals surface area (Å²) in [4.78, 5) is 30.5. The van der Waals surface area contributed by atoms with Gasteiger partial charge in [-0.3, -0.25) is 13.9 Å². The van der Waals surface area contributed by atoms with Crippen LogP contribution in [-0.4, -0.2) is 30.4 Å². The summed E-state index contributed by atoms with van der Waals surface area (Å²) in [6.45, 7) is -0.185. The number of aliphatic hydroxyl groups is 1. The molecule has 0 aliphatic carbocycles. The minimum atomic E-state index is -2.79. The number of aliphatic hydroxyl groups excluding tert-OH is 1. The zero-order chi connectivity index (χ0) is 23.7. The van der Waals surface area contributed by atoms with Crippen LogP contribution in [0.5, 0.6) is 0 Å². The molecule has 0 amide bonds. The van der Waals surface area contributed by atoms with Crippen LogP contribution in [0.15, 0.2) is 58.1 Å². The minimum Gasteiger partial charge on any atom is -0.396 e. The maximum Gasteiger partial charge on any atom is 0.332 e. The Labute approximate surface area is 186 Å². The quantitative estimate of drug-likeness (QED) is 0.462. The molecule has 33 heavy (non-hydrogen) atoms. The molecule has 0 unspecified atom stereocenters. The predicted molar refractivity (Wildman–Crippen MR) is 117 cm³/mol. The van der Waals surface area contributed by atoms with Gasteiger partial charge in [-0.2, -0.15) is 0 Å². The molecule has 0 aliphatic rings. The number of fused-ring (bicyclic) bond motifs is 1. The number of aromatic nitrogens is 4. The first kappa shape index (κ1) is 22.5. The summed E-state index contributed by atoms with van der Waals surface area (Å²) in [5.74, 6) is -0.344. The molecule has 0 saturated carbocycles. The molecule has 2 aromatic carbocycles. The highest BCUT2D eigenvalue weighted by Crippen LogP contribution is 2.32. The molecule has 0 fully saturated rings. The third-order valence-corrected chi connectivity index (χ3v) is 5.46. The molecule has 2 aromatic heterocycles. The van der Waals surface area contributed by atoms with E-state index in [0.29, 0.717) is 5.56 Å². The Bertz CT molecular complexity index is 1420. The number of rotatable bonds is 7. The Hall–Kier alpha value is -3.66. The Morgan fingerprint density at radius 1 is 1.03 bits per heavy atom. The minimum absolute atomic E-state index is 0.0113. The molecule has 0 aliphatic heterocycles. The number of imidazole rings is 1. The fourth-order valence-corrected chi connectivity index (χ4v) is 3.82. The van der Waals surface area contributed by atoms with Crippen molar-refractivity contribution in [3.8, 4) is 11.4 Å². The number of benzene rings is 2. The second-order valence-electron chi connectivity index (χ2n) is 7.58. The summed E-state index contributed by atoms with van der Waals surface area (Å²) >= 11 is 0. The van der Waals surface area contributed by atoms with Gasteiger partial charge in [-0.15, -0.1) is 0 Å². The average Bonchev–Trinajstić information content (AvgIpc) is 3.18. The van der Waals surface area contributed by atoms with E-state index in [4.69, 9.17) is 5.11 Å². The number of hydrogen-bond acceptors (Lipinski definition) is 4. The molecule has 10 heteroatoms. The third-order valence-electron chi connectivity index (χ3n) is 5.46. The van der Waals surface area contributed by atoms with Gasteiger partial charge in [0.15, 0.2) is 11.2 Å². The van der Waals surface area contributed by atoms with Crippen molar-refractivity contribution in [2.45, 2.75) is 25.9 Å². The summed E-state index contributed by atoms with van der Waals surface area (Å²) < 4.78 is 44.6. The van der Waals surface area contributed by atoms with Crippen molar-refractivity contribution in [3.05, 3.63) is 86.3 Å². The first-order valence-corrected chi connectivity index (χ1v) is 10.3. The van der Waals surface area contributed by atoms with E-state index in [1.807, 2.05) is 0 Å². The van der Waals surface area contributed by atoms with Crippen molar-refractivity contribution in [1.82, 2.24) is 18.7 Å². The van der Waals surface area contributed by atoms with E-state index >= 15 is 0 Å². The van der Waals surface area contributed by atoms with Crippen LogP contribution in [0.25, 0.3) is 22.6 Å². The molecule has 0 saturated heterocycles. The maximum absolute atomic E-state index is 13.8. The molecule has 0 radical (unpaired) electrons. The monoisotopic (exact) mass is 458 g/mol. The lowest BCUT2D eigenvalue weighted by Crippen LogP contribution is -2.39. The Balaban J connectivity index is 2.06. The lowest BCUT2D eigenvalue weighted by molar-refractivity contribution is 0.152. The van der Waals surface area contributed by atoms with E-state index in [9.17, 15) is 22.8 Å². The molecule has 0 bridgehead atoms. The normalized spacial score (nSPS) is 11.6. The van der Waals surface area contributed by atoms with Gasteiger partial charge in [0.25, 0.3) is 12.0 Å². The van der Waals surface area contributed by atoms with Crippen molar-refractivity contribution >= 4 is 11.2 Å². The van der Waals surface area contributed by atoms with E-state index in [2.05, 4.69) is 4.98 Å². The van der Waals surface area contributed by atoms with Gasteiger partial charge in [-0.05, 0) is 24.1 Å². The second kappa shape index (κ2) is 9.07. The van der Waals surface area contributed by atoms with Crippen molar-refractivity contribution < 1.29 is 18.3 Å². The molecule has 1 N–H and O–H groups in total. The number of alkyl halides is 2. The number of aryl methyl sites for hydroxylation is 1. The molecular formula is C23H21F3N4O3. The standard InChI is InChI=1S/C23H21F3N4O3/c1-28-21-18(22(32)29(23(28)33)11-4-12-31)30(13-14-7-9-15(24)10-8-14)20(27-21)17-6-3-2-5-16(17)19(25)26/h2-3,5-10,19,31H,4,11-13H2,1H3. The van der Waals surface area contributed by atoms with Gasteiger partial charge in [0.1, 0.15) is 11.6 Å². The third kappa shape index (κ3) is 4.09. The van der Waals surface area contributed by atoms with Crippen LogP contribution in [0, 0.1) is 5.82 Å². The summed E-state index contributed by atoms with van der Waals surface area (Å²) in [5.41, 5.74) is -0.692. The summed E-state index contributed by atoms with van der Waals surface area (Å²) in [7, 11) is 1.44. The smallest absolute Gasteiger partial charge is 0.332 e.